The van der Waals surface area contributed by atoms with E-state index in [0.29, 0.717) is 18.3 Å². The summed E-state index contributed by atoms with van der Waals surface area (Å²) in [4.78, 5) is 27.4. The van der Waals surface area contributed by atoms with E-state index < -0.39 is 0 Å². The summed E-state index contributed by atoms with van der Waals surface area (Å²) in [6.45, 7) is 1.27. The van der Waals surface area contributed by atoms with Gasteiger partial charge in [-0.2, -0.15) is 0 Å². The summed E-state index contributed by atoms with van der Waals surface area (Å²) in [7, 11) is 1.63. The van der Waals surface area contributed by atoms with Crippen molar-refractivity contribution in [3.05, 3.63) is 70.1 Å². The Balaban J connectivity index is 1.23. The first-order valence-electron chi connectivity index (χ1n) is 11.7. The lowest BCUT2D eigenvalue weighted by molar-refractivity contribution is -0.121. The van der Waals surface area contributed by atoms with Crippen LogP contribution in [-0.4, -0.2) is 41.3 Å². The van der Waals surface area contributed by atoms with Crippen LogP contribution in [0.25, 0.3) is 11.4 Å². The lowest BCUT2D eigenvalue weighted by Gasteiger charge is -2.25. The third kappa shape index (κ3) is 6.43. The van der Waals surface area contributed by atoms with Crippen LogP contribution < -0.4 is 20.3 Å². The molecule has 0 aliphatic heterocycles. The van der Waals surface area contributed by atoms with Gasteiger partial charge in [0.1, 0.15) is 17.2 Å². The molecule has 0 saturated heterocycles. The Kier molecular flexibility index (Phi) is 7.91. The van der Waals surface area contributed by atoms with Gasteiger partial charge in [0, 0.05) is 24.9 Å². The molecule has 8 nitrogen and oxygen atoms in total. The number of rotatable bonds is 11. The summed E-state index contributed by atoms with van der Waals surface area (Å²) in [6.07, 6.45) is 4.90. The van der Waals surface area contributed by atoms with Gasteiger partial charge in [-0.3, -0.25) is 9.59 Å². The molecule has 0 unspecified atom stereocenters. The van der Waals surface area contributed by atoms with E-state index in [1.165, 1.54) is 19.3 Å². The minimum atomic E-state index is -0.332. The number of carbonyl (C=O) groups excluding carboxylic acids is 1. The first-order chi connectivity index (χ1) is 16.6. The monoisotopic (exact) mass is 462 g/mol. The van der Waals surface area contributed by atoms with Crippen LogP contribution in [0.5, 0.6) is 11.5 Å². The number of nitrogens with zero attached hydrogens (tertiary/aromatic N) is 2. The van der Waals surface area contributed by atoms with E-state index >= 15 is 0 Å². The van der Waals surface area contributed by atoms with Crippen molar-refractivity contribution < 1.29 is 14.3 Å². The van der Waals surface area contributed by atoms with Gasteiger partial charge in [-0.25, -0.2) is 0 Å². The average molecular weight is 463 g/mol. The van der Waals surface area contributed by atoms with Gasteiger partial charge >= 0.3 is 0 Å². The van der Waals surface area contributed by atoms with Crippen LogP contribution >= 0.6 is 0 Å². The Morgan fingerprint density at radius 1 is 1.03 bits per heavy atom. The van der Waals surface area contributed by atoms with E-state index in [2.05, 4.69) is 20.5 Å². The maximum Gasteiger partial charge on any atom is 0.273 e. The molecule has 0 bridgehead atoms. The summed E-state index contributed by atoms with van der Waals surface area (Å²) in [5.74, 6) is 2.54. The highest BCUT2D eigenvalue weighted by Crippen LogP contribution is 2.27. The van der Waals surface area contributed by atoms with Gasteiger partial charge in [-0.1, -0.05) is 18.6 Å². The average Bonchev–Trinajstić information content (AvgIpc) is 2.83. The highest BCUT2D eigenvalue weighted by Gasteiger charge is 2.18. The number of benzene rings is 2. The molecule has 1 fully saturated rings. The fourth-order valence-electron chi connectivity index (χ4n) is 3.70. The second kappa shape index (κ2) is 11.4. The van der Waals surface area contributed by atoms with Crippen molar-refractivity contribution in [3.8, 4) is 22.9 Å². The van der Waals surface area contributed by atoms with Gasteiger partial charge in [0.2, 0.25) is 5.91 Å². The second-order valence-corrected chi connectivity index (χ2v) is 8.53. The Hall–Kier alpha value is -3.68. The van der Waals surface area contributed by atoms with Crippen LogP contribution in [0.4, 0.5) is 0 Å². The van der Waals surface area contributed by atoms with E-state index in [-0.39, 0.29) is 30.0 Å². The number of aromatic nitrogens is 3. The fraction of sp³-hybridized carbons (Fsp3) is 0.385. The molecule has 0 radical (unpaired) electrons. The number of methoxy groups -OCH3 is 1. The highest BCUT2D eigenvalue weighted by atomic mass is 16.5. The molecule has 2 aromatic carbocycles. The first kappa shape index (κ1) is 23.5. The van der Waals surface area contributed by atoms with Gasteiger partial charge in [-0.15, -0.1) is 10.2 Å². The summed E-state index contributed by atoms with van der Waals surface area (Å²) in [6, 6.07) is 15.2. The zero-order valence-electron chi connectivity index (χ0n) is 19.4. The minimum Gasteiger partial charge on any atom is -0.497 e. The van der Waals surface area contributed by atoms with E-state index in [1.54, 1.807) is 7.11 Å². The van der Waals surface area contributed by atoms with Crippen molar-refractivity contribution in [1.29, 1.82) is 0 Å². The summed E-state index contributed by atoms with van der Waals surface area (Å²) in [5, 5.41) is 11.1. The number of aryl methyl sites for hydroxylation is 1. The van der Waals surface area contributed by atoms with Gasteiger partial charge < -0.3 is 19.8 Å². The molecule has 3 aromatic rings. The number of carbonyl (C=O) groups is 1. The number of amides is 1. The van der Waals surface area contributed by atoms with E-state index in [4.69, 9.17) is 9.47 Å². The Bertz CT molecular complexity index is 1140. The predicted molar refractivity (Wildman–Crippen MR) is 129 cm³/mol. The van der Waals surface area contributed by atoms with E-state index in [1.807, 2.05) is 48.5 Å². The van der Waals surface area contributed by atoms with Crippen molar-refractivity contribution in [3.63, 3.8) is 0 Å². The predicted octanol–water partition coefficient (Wildman–Crippen LogP) is 3.31. The third-order valence-electron chi connectivity index (χ3n) is 6.09. The van der Waals surface area contributed by atoms with Gasteiger partial charge in [0.15, 0.2) is 5.82 Å². The maximum atomic E-state index is 12.4. The minimum absolute atomic E-state index is 0.128. The van der Waals surface area contributed by atoms with Crippen LogP contribution in [0, 0.1) is 5.92 Å². The Morgan fingerprint density at radius 2 is 1.76 bits per heavy atom. The Morgan fingerprint density at radius 3 is 2.41 bits per heavy atom. The number of hydrogen-bond acceptors (Lipinski definition) is 6. The molecule has 2 N–H and O–H groups in total. The van der Waals surface area contributed by atoms with Crippen LogP contribution in [0.1, 0.15) is 36.9 Å². The number of H-pyrrole nitrogens is 1. The molecule has 1 heterocycles. The number of ether oxygens (including phenoxy) is 2. The Labute approximate surface area is 198 Å². The van der Waals surface area contributed by atoms with Crippen molar-refractivity contribution in [1.82, 2.24) is 20.5 Å². The molecular weight excluding hydrogens is 432 g/mol. The topological polar surface area (TPSA) is 106 Å². The molecule has 4 rings (SSSR count). The SMILES string of the molecule is COc1ccc(CCNC(=O)CCc2nnc(-c3ccc(OCC4CCC4)cc3)[nH]c2=O)cc1. The van der Waals surface area contributed by atoms with Crippen LogP contribution in [0.2, 0.25) is 0 Å². The molecule has 34 heavy (non-hydrogen) atoms. The smallest absolute Gasteiger partial charge is 0.273 e. The molecule has 178 valence electrons. The van der Waals surface area contributed by atoms with Gasteiger partial charge in [0.25, 0.3) is 5.56 Å². The van der Waals surface area contributed by atoms with Crippen molar-refractivity contribution in [2.75, 3.05) is 20.3 Å². The van der Waals surface area contributed by atoms with E-state index in [9.17, 15) is 9.59 Å². The quantitative estimate of drug-likeness (QED) is 0.453. The maximum absolute atomic E-state index is 12.4. The second-order valence-electron chi connectivity index (χ2n) is 8.53. The zero-order chi connectivity index (χ0) is 23.8. The molecule has 0 atom stereocenters. The van der Waals surface area contributed by atoms with Crippen molar-refractivity contribution in [2.45, 2.75) is 38.5 Å². The third-order valence-corrected chi connectivity index (χ3v) is 6.09. The van der Waals surface area contributed by atoms with Crippen LogP contribution in [0.3, 0.4) is 0 Å². The normalized spacial score (nSPS) is 13.2. The fourth-order valence-corrected chi connectivity index (χ4v) is 3.70. The molecule has 0 spiro atoms. The zero-order valence-corrected chi connectivity index (χ0v) is 19.4. The lowest BCUT2D eigenvalue weighted by Crippen LogP contribution is -2.27. The van der Waals surface area contributed by atoms with Crippen molar-refractivity contribution in [2.24, 2.45) is 5.92 Å². The van der Waals surface area contributed by atoms with Crippen LogP contribution in [0.15, 0.2) is 53.3 Å². The van der Waals surface area contributed by atoms with E-state index in [0.717, 1.165) is 35.7 Å². The number of nitrogens with one attached hydrogen (secondary N) is 2. The van der Waals surface area contributed by atoms with Crippen molar-refractivity contribution >= 4 is 5.91 Å². The number of aromatic amines is 1. The summed E-state index contributed by atoms with van der Waals surface area (Å²) in [5.41, 5.74) is 1.77. The standard InChI is InChI=1S/C26H30N4O4/c1-33-21-9-5-18(6-10-21)15-16-27-24(31)14-13-23-26(32)28-25(30-29-23)20-7-11-22(12-8-20)34-17-19-3-2-4-19/h5-12,19H,2-4,13-17H2,1H3,(H,27,31)(H,28,30,32). The first-order valence-corrected chi connectivity index (χ1v) is 11.7. The largest absolute Gasteiger partial charge is 0.497 e. The molecule has 8 heteroatoms. The number of hydrogen-bond donors (Lipinski definition) is 2. The highest BCUT2D eigenvalue weighted by molar-refractivity contribution is 5.76. The lowest BCUT2D eigenvalue weighted by atomic mass is 9.86. The molecular formula is C26H30N4O4. The molecule has 1 aliphatic carbocycles. The molecule has 1 aliphatic rings. The summed E-state index contributed by atoms with van der Waals surface area (Å²) >= 11 is 0. The van der Waals surface area contributed by atoms with Crippen LogP contribution in [-0.2, 0) is 17.6 Å². The van der Waals surface area contributed by atoms with Gasteiger partial charge in [0.05, 0.1) is 13.7 Å². The molecule has 1 saturated carbocycles. The van der Waals surface area contributed by atoms with Gasteiger partial charge in [-0.05, 0) is 67.1 Å². The molecule has 1 amide bonds. The summed E-state index contributed by atoms with van der Waals surface area (Å²) < 4.78 is 10.9. The molecule has 1 aromatic heterocycles.